The summed E-state index contributed by atoms with van der Waals surface area (Å²) in [5.41, 5.74) is 2.80. The SMILES string of the molecule is CCOC(=O)c1ccc(NCc2ccc(F)c(F)c2)c(C)c1. The van der Waals surface area contributed by atoms with Gasteiger partial charge in [-0.15, -0.1) is 0 Å². The lowest BCUT2D eigenvalue weighted by Gasteiger charge is -2.11. The van der Waals surface area contributed by atoms with Crippen LogP contribution in [0.25, 0.3) is 0 Å². The summed E-state index contributed by atoms with van der Waals surface area (Å²) in [4.78, 5) is 11.6. The molecule has 0 bridgehead atoms. The third-order valence-electron chi connectivity index (χ3n) is 3.20. The summed E-state index contributed by atoms with van der Waals surface area (Å²) < 4.78 is 31.0. The third-order valence-corrected chi connectivity index (χ3v) is 3.20. The van der Waals surface area contributed by atoms with Crippen molar-refractivity contribution < 1.29 is 18.3 Å². The normalized spacial score (nSPS) is 10.4. The zero-order chi connectivity index (χ0) is 16.1. The Labute approximate surface area is 127 Å². The van der Waals surface area contributed by atoms with E-state index in [1.54, 1.807) is 25.1 Å². The Morgan fingerprint density at radius 2 is 1.91 bits per heavy atom. The topological polar surface area (TPSA) is 38.3 Å². The molecule has 0 aromatic heterocycles. The molecule has 0 fully saturated rings. The van der Waals surface area contributed by atoms with Crippen LogP contribution in [-0.4, -0.2) is 12.6 Å². The van der Waals surface area contributed by atoms with E-state index in [9.17, 15) is 13.6 Å². The highest BCUT2D eigenvalue weighted by atomic mass is 19.2. The molecule has 116 valence electrons. The number of hydrogen-bond donors (Lipinski definition) is 1. The number of benzene rings is 2. The van der Waals surface area contributed by atoms with Crippen LogP contribution in [0.15, 0.2) is 36.4 Å². The minimum Gasteiger partial charge on any atom is -0.462 e. The molecule has 2 aromatic rings. The van der Waals surface area contributed by atoms with Gasteiger partial charge in [-0.2, -0.15) is 0 Å². The van der Waals surface area contributed by atoms with Gasteiger partial charge in [-0.1, -0.05) is 6.07 Å². The highest BCUT2D eigenvalue weighted by Gasteiger charge is 2.08. The number of nitrogens with one attached hydrogen (secondary N) is 1. The lowest BCUT2D eigenvalue weighted by atomic mass is 10.1. The fraction of sp³-hybridized carbons (Fsp3) is 0.235. The number of aryl methyl sites for hydroxylation is 1. The predicted octanol–water partition coefficient (Wildman–Crippen LogP) is 4.06. The van der Waals surface area contributed by atoms with E-state index in [2.05, 4.69) is 5.32 Å². The molecule has 0 saturated carbocycles. The molecule has 2 rings (SSSR count). The van der Waals surface area contributed by atoms with Gasteiger partial charge in [0, 0.05) is 12.2 Å². The first-order valence-electron chi connectivity index (χ1n) is 6.97. The van der Waals surface area contributed by atoms with Gasteiger partial charge in [-0.25, -0.2) is 13.6 Å². The van der Waals surface area contributed by atoms with Gasteiger partial charge < -0.3 is 10.1 Å². The van der Waals surface area contributed by atoms with Crippen LogP contribution >= 0.6 is 0 Å². The Kier molecular flexibility index (Phi) is 5.09. The zero-order valence-corrected chi connectivity index (χ0v) is 12.5. The van der Waals surface area contributed by atoms with Crippen LogP contribution in [0.5, 0.6) is 0 Å². The maximum Gasteiger partial charge on any atom is 0.338 e. The van der Waals surface area contributed by atoms with Crippen molar-refractivity contribution in [1.82, 2.24) is 0 Å². The van der Waals surface area contributed by atoms with Crippen molar-refractivity contribution >= 4 is 11.7 Å². The summed E-state index contributed by atoms with van der Waals surface area (Å²) in [6, 6.07) is 8.94. The van der Waals surface area contributed by atoms with Crippen molar-refractivity contribution in [2.45, 2.75) is 20.4 Å². The van der Waals surface area contributed by atoms with E-state index < -0.39 is 11.6 Å². The molecule has 0 amide bonds. The minimum absolute atomic E-state index is 0.327. The van der Waals surface area contributed by atoms with Gasteiger partial charge >= 0.3 is 5.97 Å². The highest BCUT2D eigenvalue weighted by Crippen LogP contribution is 2.19. The Morgan fingerprint density at radius 1 is 1.14 bits per heavy atom. The number of hydrogen-bond acceptors (Lipinski definition) is 3. The molecule has 0 saturated heterocycles. The summed E-state index contributed by atoms with van der Waals surface area (Å²) in [5, 5.41) is 3.13. The first kappa shape index (κ1) is 15.9. The van der Waals surface area contributed by atoms with Crippen molar-refractivity contribution in [3.63, 3.8) is 0 Å². The Balaban J connectivity index is 2.07. The first-order valence-corrected chi connectivity index (χ1v) is 6.97. The smallest absolute Gasteiger partial charge is 0.338 e. The lowest BCUT2D eigenvalue weighted by molar-refractivity contribution is 0.0526. The molecule has 1 N–H and O–H groups in total. The van der Waals surface area contributed by atoms with E-state index in [0.29, 0.717) is 24.3 Å². The Hall–Kier alpha value is -2.43. The summed E-state index contributed by atoms with van der Waals surface area (Å²) in [6.45, 7) is 4.30. The molecule has 0 spiro atoms. The predicted molar refractivity (Wildman–Crippen MR) is 80.8 cm³/mol. The van der Waals surface area contributed by atoms with Crippen LogP contribution in [0.2, 0.25) is 0 Å². The zero-order valence-electron chi connectivity index (χ0n) is 12.5. The largest absolute Gasteiger partial charge is 0.462 e. The highest BCUT2D eigenvalue weighted by molar-refractivity contribution is 5.90. The van der Waals surface area contributed by atoms with Gasteiger partial charge in [0.1, 0.15) is 0 Å². The van der Waals surface area contributed by atoms with E-state index in [1.807, 2.05) is 6.92 Å². The molecule has 0 atom stereocenters. The van der Waals surface area contributed by atoms with E-state index in [0.717, 1.165) is 23.4 Å². The Bertz CT molecular complexity index is 686. The van der Waals surface area contributed by atoms with Gasteiger partial charge in [-0.3, -0.25) is 0 Å². The summed E-state index contributed by atoms with van der Waals surface area (Å²) >= 11 is 0. The van der Waals surface area contributed by atoms with Gasteiger partial charge in [0.05, 0.1) is 12.2 Å². The fourth-order valence-electron chi connectivity index (χ4n) is 2.05. The molecule has 0 unspecified atom stereocenters. The van der Waals surface area contributed by atoms with Crippen LogP contribution in [0.4, 0.5) is 14.5 Å². The number of carbonyl (C=O) groups excluding carboxylic acids is 1. The van der Waals surface area contributed by atoms with Gasteiger partial charge in [-0.05, 0) is 55.3 Å². The van der Waals surface area contributed by atoms with Crippen molar-refractivity contribution in [3.8, 4) is 0 Å². The maximum absolute atomic E-state index is 13.1. The van der Waals surface area contributed by atoms with Crippen LogP contribution in [0, 0.1) is 18.6 Å². The fourth-order valence-corrected chi connectivity index (χ4v) is 2.05. The van der Waals surface area contributed by atoms with Gasteiger partial charge in [0.15, 0.2) is 11.6 Å². The number of ether oxygens (including phenoxy) is 1. The second kappa shape index (κ2) is 7.02. The summed E-state index contributed by atoms with van der Waals surface area (Å²) in [5.74, 6) is -2.09. The second-order valence-corrected chi connectivity index (χ2v) is 4.85. The van der Waals surface area contributed by atoms with Crippen LogP contribution in [-0.2, 0) is 11.3 Å². The van der Waals surface area contributed by atoms with E-state index in [1.165, 1.54) is 6.07 Å². The molecule has 3 nitrogen and oxygen atoms in total. The molecule has 0 radical (unpaired) electrons. The average Bonchev–Trinajstić information content (AvgIpc) is 2.49. The number of halogens is 2. The second-order valence-electron chi connectivity index (χ2n) is 4.85. The van der Waals surface area contributed by atoms with E-state index in [-0.39, 0.29) is 5.97 Å². The standard InChI is InChI=1S/C17H17F2NO2/c1-3-22-17(21)13-5-7-16(11(2)8-13)20-10-12-4-6-14(18)15(19)9-12/h4-9,20H,3,10H2,1-2H3. The quantitative estimate of drug-likeness (QED) is 0.847. The number of anilines is 1. The van der Waals surface area contributed by atoms with Crippen molar-refractivity contribution in [2.75, 3.05) is 11.9 Å². The Morgan fingerprint density at radius 3 is 2.55 bits per heavy atom. The minimum atomic E-state index is -0.867. The number of rotatable bonds is 5. The average molecular weight is 305 g/mol. The molecule has 0 aliphatic carbocycles. The van der Waals surface area contributed by atoms with Gasteiger partial charge in [0.2, 0.25) is 0 Å². The van der Waals surface area contributed by atoms with Crippen LogP contribution in [0.3, 0.4) is 0 Å². The molecule has 0 aliphatic heterocycles. The molecule has 0 heterocycles. The van der Waals surface area contributed by atoms with Crippen molar-refractivity contribution in [3.05, 3.63) is 64.7 Å². The molecular formula is C17H17F2NO2. The maximum atomic E-state index is 13.1. The molecule has 22 heavy (non-hydrogen) atoms. The molecule has 0 aliphatic rings. The van der Waals surface area contributed by atoms with E-state index in [4.69, 9.17) is 4.74 Å². The monoisotopic (exact) mass is 305 g/mol. The first-order chi connectivity index (χ1) is 10.5. The van der Waals surface area contributed by atoms with Crippen LogP contribution in [0.1, 0.15) is 28.4 Å². The number of esters is 1. The number of carbonyl (C=O) groups is 1. The molecular weight excluding hydrogens is 288 g/mol. The molecule has 5 heteroatoms. The summed E-state index contributed by atoms with van der Waals surface area (Å²) in [6.07, 6.45) is 0. The van der Waals surface area contributed by atoms with Crippen LogP contribution < -0.4 is 5.32 Å². The van der Waals surface area contributed by atoms with Crippen molar-refractivity contribution in [1.29, 1.82) is 0 Å². The van der Waals surface area contributed by atoms with Gasteiger partial charge in [0.25, 0.3) is 0 Å². The van der Waals surface area contributed by atoms with E-state index >= 15 is 0 Å². The lowest BCUT2D eigenvalue weighted by Crippen LogP contribution is -2.06. The van der Waals surface area contributed by atoms with Crippen molar-refractivity contribution in [2.24, 2.45) is 0 Å². The third kappa shape index (κ3) is 3.81. The molecule has 2 aromatic carbocycles. The summed E-state index contributed by atoms with van der Waals surface area (Å²) in [7, 11) is 0.